The van der Waals surface area contributed by atoms with Crippen LogP contribution in [0, 0.1) is 6.92 Å². The van der Waals surface area contributed by atoms with Crippen molar-refractivity contribution in [2.45, 2.75) is 32.2 Å². The van der Waals surface area contributed by atoms with Crippen LogP contribution in [0.5, 0.6) is 11.5 Å². The first-order valence-corrected chi connectivity index (χ1v) is 7.25. The summed E-state index contributed by atoms with van der Waals surface area (Å²) in [4.78, 5) is 12.5. The molecule has 0 unspecified atom stereocenters. The van der Waals surface area contributed by atoms with Gasteiger partial charge in [-0.05, 0) is 51.9 Å². The van der Waals surface area contributed by atoms with Crippen LogP contribution in [0.25, 0.3) is 0 Å². The standard InChI is InChI=1S/C16H24N2O3/c1-11-13(20-3)9-12(10-14(11)21-4)15(19)18-16(2)5-7-17-8-6-16/h9-10,17H,5-8H2,1-4H3,(H,18,19). The fourth-order valence-electron chi connectivity index (χ4n) is 2.67. The number of carbonyl (C=O) groups excluding carboxylic acids is 1. The summed E-state index contributed by atoms with van der Waals surface area (Å²) in [6.45, 7) is 5.86. The van der Waals surface area contributed by atoms with Gasteiger partial charge in [-0.15, -0.1) is 0 Å². The first kappa shape index (κ1) is 15.6. The van der Waals surface area contributed by atoms with Crippen molar-refractivity contribution >= 4 is 5.91 Å². The van der Waals surface area contributed by atoms with Gasteiger partial charge in [0.15, 0.2) is 0 Å². The average Bonchev–Trinajstić information content (AvgIpc) is 2.47. The zero-order valence-electron chi connectivity index (χ0n) is 13.2. The molecule has 116 valence electrons. The molecular weight excluding hydrogens is 268 g/mol. The summed E-state index contributed by atoms with van der Waals surface area (Å²) >= 11 is 0. The zero-order valence-corrected chi connectivity index (χ0v) is 13.2. The topological polar surface area (TPSA) is 59.6 Å². The van der Waals surface area contributed by atoms with Gasteiger partial charge in [-0.25, -0.2) is 0 Å². The lowest BCUT2D eigenvalue weighted by Crippen LogP contribution is -2.52. The van der Waals surface area contributed by atoms with E-state index in [1.165, 1.54) is 0 Å². The molecule has 1 aliphatic heterocycles. The fraction of sp³-hybridized carbons (Fsp3) is 0.562. The van der Waals surface area contributed by atoms with Crippen LogP contribution < -0.4 is 20.1 Å². The minimum Gasteiger partial charge on any atom is -0.496 e. The van der Waals surface area contributed by atoms with Crippen molar-refractivity contribution in [1.82, 2.24) is 10.6 Å². The molecule has 1 heterocycles. The molecular formula is C16H24N2O3. The van der Waals surface area contributed by atoms with E-state index in [4.69, 9.17) is 9.47 Å². The van der Waals surface area contributed by atoms with Gasteiger partial charge in [0, 0.05) is 16.7 Å². The number of benzene rings is 1. The Labute approximate surface area is 126 Å². The summed E-state index contributed by atoms with van der Waals surface area (Å²) in [5, 5.41) is 6.45. The van der Waals surface area contributed by atoms with Gasteiger partial charge in [0.05, 0.1) is 14.2 Å². The number of hydrogen-bond donors (Lipinski definition) is 2. The normalized spacial score (nSPS) is 17.1. The Bertz CT molecular complexity index is 497. The van der Waals surface area contributed by atoms with Gasteiger partial charge in [-0.1, -0.05) is 0 Å². The first-order chi connectivity index (χ1) is 9.99. The summed E-state index contributed by atoms with van der Waals surface area (Å²) in [5.74, 6) is 1.24. The van der Waals surface area contributed by atoms with E-state index in [1.54, 1.807) is 26.4 Å². The van der Waals surface area contributed by atoms with E-state index in [-0.39, 0.29) is 11.4 Å². The van der Waals surface area contributed by atoms with Crippen LogP contribution in [0.1, 0.15) is 35.7 Å². The number of methoxy groups -OCH3 is 2. The highest BCUT2D eigenvalue weighted by Gasteiger charge is 2.29. The Morgan fingerprint density at radius 3 is 2.19 bits per heavy atom. The molecule has 1 aliphatic rings. The maximum atomic E-state index is 12.5. The van der Waals surface area contributed by atoms with Crippen molar-refractivity contribution in [1.29, 1.82) is 0 Å². The van der Waals surface area contributed by atoms with Gasteiger partial charge in [0.25, 0.3) is 5.91 Å². The van der Waals surface area contributed by atoms with E-state index < -0.39 is 0 Å². The minimum atomic E-state index is -0.159. The number of piperidine rings is 1. The molecule has 0 saturated carbocycles. The Balaban J connectivity index is 2.22. The fourth-order valence-corrected chi connectivity index (χ4v) is 2.67. The summed E-state index contributed by atoms with van der Waals surface area (Å²) in [5.41, 5.74) is 1.30. The van der Waals surface area contributed by atoms with E-state index in [0.717, 1.165) is 31.5 Å². The predicted molar refractivity (Wildman–Crippen MR) is 82.3 cm³/mol. The maximum absolute atomic E-state index is 12.5. The Morgan fingerprint density at radius 1 is 1.19 bits per heavy atom. The van der Waals surface area contributed by atoms with Gasteiger partial charge < -0.3 is 20.1 Å². The second kappa shape index (κ2) is 6.35. The van der Waals surface area contributed by atoms with Crippen molar-refractivity contribution in [3.8, 4) is 11.5 Å². The molecule has 1 saturated heterocycles. The van der Waals surface area contributed by atoms with Crippen molar-refractivity contribution in [3.05, 3.63) is 23.3 Å². The molecule has 5 heteroatoms. The SMILES string of the molecule is COc1cc(C(=O)NC2(C)CCNCC2)cc(OC)c1C. The van der Waals surface area contributed by atoms with Crippen LogP contribution in [0.2, 0.25) is 0 Å². The van der Waals surface area contributed by atoms with Gasteiger partial charge in [0.1, 0.15) is 11.5 Å². The van der Waals surface area contributed by atoms with Gasteiger partial charge in [-0.2, -0.15) is 0 Å². The van der Waals surface area contributed by atoms with E-state index >= 15 is 0 Å². The largest absolute Gasteiger partial charge is 0.496 e. The summed E-state index contributed by atoms with van der Waals surface area (Å²) < 4.78 is 10.6. The van der Waals surface area contributed by atoms with Crippen LogP contribution in [0.15, 0.2) is 12.1 Å². The van der Waals surface area contributed by atoms with Crippen LogP contribution in [0.3, 0.4) is 0 Å². The predicted octanol–water partition coefficient (Wildman–Crippen LogP) is 1.88. The quantitative estimate of drug-likeness (QED) is 0.889. The second-order valence-electron chi connectivity index (χ2n) is 5.77. The number of carbonyl (C=O) groups is 1. The lowest BCUT2D eigenvalue weighted by Gasteiger charge is -2.35. The monoisotopic (exact) mass is 292 g/mol. The van der Waals surface area contributed by atoms with Crippen molar-refractivity contribution in [2.75, 3.05) is 27.3 Å². The van der Waals surface area contributed by atoms with Gasteiger partial charge in [0.2, 0.25) is 0 Å². The molecule has 0 spiro atoms. The Kier molecular flexibility index (Phi) is 4.73. The smallest absolute Gasteiger partial charge is 0.251 e. The van der Waals surface area contributed by atoms with Gasteiger partial charge >= 0.3 is 0 Å². The molecule has 5 nitrogen and oxygen atoms in total. The van der Waals surface area contributed by atoms with Crippen molar-refractivity contribution in [3.63, 3.8) is 0 Å². The van der Waals surface area contributed by atoms with Crippen LogP contribution in [-0.4, -0.2) is 38.8 Å². The molecule has 0 atom stereocenters. The third-order valence-electron chi connectivity index (χ3n) is 4.14. The molecule has 0 radical (unpaired) electrons. The molecule has 1 fully saturated rings. The summed E-state index contributed by atoms with van der Waals surface area (Å²) in [6, 6.07) is 3.52. The number of nitrogens with one attached hydrogen (secondary N) is 2. The summed E-state index contributed by atoms with van der Waals surface area (Å²) in [6.07, 6.45) is 1.86. The van der Waals surface area contributed by atoms with Crippen LogP contribution in [-0.2, 0) is 0 Å². The molecule has 0 aliphatic carbocycles. The number of ether oxygens (including phenoxy) is 2. The highest BCUT2D eigenvalue weighted by atomic mass is 16.5. The van der Waals surface area contributed by atoms with Crippen LogP contribution in [0.4, 0.5) is 0 Å². The van der Waals surface area contributed by atoms with E-state index in [0.29, 0.717) is 17.1 Å². The summed E-state index contributed by atoms with van der Waals surface area (Å²) in [7, 11) is 3.19. The van der Waals surface area contributed by atoms with Crippen molar-refractivity contribution in [2.24, 2.45) is 0 Å². The molecule has 2 N–H and O–H groups in total. The number of rotatable bonds is 4. The van der Waals surface area contributed by atoms with Crippen LogP contribution >= 0.6 is 0 Å². The molecule has 21 heavy (non-hydrogen) atoms. The lowest BCUT2D eigenvalue weighted by molar-refractivity contribution is 0.0887. The second-order valence-corrected chi connectivity index (χ2v) is 5.77. The molecule has 2 rings (SSSR count). The zero-order chi connectivity index (χ0) is 15.5. The van der Waals surface area contributed by atoms with Gasteiger partial charge in [-0.3, -0.25) is 4.79 Å². The Morgan fingerprint density at radius 2 is 1.71 bits per heavy atom. The average molecular weight is 292 g/mol. The third-order valence-corrected chi connectivity index (χ3v) is 4.14. The van der Waals surface area contributed by atoms with E-state index in [9.17, 15) is 4.79 Å². The number of amides is 1. The molecule has 1 amide bonds. The number of hydrogen-bond acceptors (Lipinski definition) is 4. The first-order valence-electron chi connectivity index (χ1n) is 7.25. The van der Waals surface area contributed by atoms with E-state index in [2.05, 4.69) is 17.6 Å². The van der Waals surface area contributed by atoms with Crippen molar-refractivity contribution < 1.29 is 14.3 Å². The molecule has 0 aromatic heterocycles. The molecule has 1 aromatic rings. The molecule has 0 bridgehead atoms. The highest BCUT2D eigenvalue weighted by Crippen LogP contribution is 2.30. The molecule has 1 aromatic carbocycles. The third kappa shape index (κ3) is 3.47. The highest BCUT2D eigenvalue weighted by molar-refractivity contribution is 5.95. The Hall–Kier alpha value is -1.75. The van der Waals surface area contributed by atoms with E-state index in [1.807, 2.05) is 6.92 Å². The lowest BCUT2D eigenvalue weighted by atomic mass is 9.90. The minimum absolute atomic E-state index is 0.0870. The maximum Gasteiger partial charge on any atom is 0.251 e.